The number of nitrogens with two attached hydrogens (primary N) is 1. The number of thioether (sulfide) groups is 1. The maximum absolute atomic E-state index is 11.6. The third-order valence-electron chi connectivity index (χ3n) is 3.40. The molecule has 21 heavy (non-hydrogen) atoms. The zero-order valence-corrected chi connectivity index (χ0v) is 13.8. The number of hydrogen-bond acceptors (Lipinski definition) is 5. The molecule has 120 valence electrons. The average molecular weight is 315 g/mol. The molecule has 0 spiro atoms. The van der Waals surface area contributed by atoms with Crippen LogP contribution in [0.3, 0.4) is 0 Å². The molecule has 1 unspecified atom stereocenters. The third kappa shape index (κ3) is 4.89. The smallest absolute Gasteiger partial charge is 0.343 e. The van der Waals surface area contributed by atoms with Gasteiger partial charge in [-0.15, -0.1) is 5.10 Å². The van der Waals surface area contributed by atoms with Gasteiger partial charge in [-0.1, -0.05) is 18.7 Å². The average Bonchev–Trinajstić information content (AvgIpc) is 2.81. The zero-order valence-electron chi connectivity index (χ0n) is 12.9. The molecule has 0 saturated carbocycles. The van der Waals surface area contributed by atoms with Crippen LogP contribution in [-0.2, 0) is 11.3 Å². The van der Waals surface area contributed by atoms with E-state index in [4.69, 9.17) is 5.73 Å². The summed E-state index contributed by atoms with van der Waals surface area (Å²) in [5, 5.41) is 10.3. The molecular formula is C13H25N5O2S. The summed E-state index contributed by atoms with van der Waals surface area (Å²) in [6.07, 6.45) is 2.43. The fourth-order valence-electron chi connectivity index (χ4n) is 1.98. The molecule has 0 aliphatic heterocycles. The van der Waals surface area contributed by atoms with Crippen molar-refractivity contribution in [1.82, 2.24) is 20.1 Å². The summed E-state index contributed by atoms with van der Waals surface area (Å²) in [7, 11) is 0. The topological polar surface area (TPSA) is 106 Å². The second-order valence-electron chi connectivity index (χ2n) is 5.13. The van der Waals surface area contributed by atoms with Crippen molar-refractivity contribution in [2.45, 2.75) is 57.3 Å². The number of primary amides is 1. The lowest BCUT2D eigenvalue weighted by Crippen LogP contribution is -2.53. The molecule has 0 aromatic carbocycles. The number of carbonyl (C=O) groups excluding carboxylic acids is 1. The number of nitrogens with one attached hydrogen (secondary N) is 2. The second-order valence-corrected chi connectivity index (χ2v) is 6.19. The predicted octanol–water partition coefficient (Wildman–Crippen LogP) is 0.707. The Labute approximate surface area is 129 Å². The van der Waals surface area contributed by atoms with Crippen LogP contribution >= 0.6 is 11.8 Å². The molecule has 1 heterocycles. The van der Waals surface area contributed by atoms with Crippen molar-refractivity contribution in [3.63, 3.8) is 0 Å². The Balaban J connectivity index is 2.47. The lowest BCUT2D eigenvalue weighted by molar-refractivity contribution is -0.124. The molecule has 0 bridgehead atoms. The first-order valence-electron chi connectivity index (χ1n) is 7.27. The summed E-state index contributed by atoms with van der Waals surface area (Å²) in [5.41, 5.74) is 4.62. The van der Waals surface area contributed by atoms with Crippen molar-refractivity contribution < 1.29 is 4.79 Å². The van der Waals surface area contributed by atoms with Crippen molar-refractivity contribution in [1.29, 1.82) is 0 Å². The first kappa shape index (κ1) is 17.8. The van der Waals surface area contributed by atoms with Crippen LogP contribution in [0.25, 0.3) is 0 Å². The maximum Gasteiger partial charge on any atom is 0.343 e. The molecule has 7 nitrogen and oxygen atoms in total. The molecule has 8 heteroatoms. The van der Waals surface area contributed by atoms with Gasteiger partial charge in [-0.05, 0) is 39.7 Å². The summed E-state index contributed by atoms with van der Waals surface area (Å²) in [4.78, 5) is 23.0. The molecule has 0 aliphatic carbocycles. The monoisotopic (exact) mass is 315 g/mol. The van der Waals surface area contributed by atoms with E-state index < -0.39 is 5.54 Å². The van der Waals surface area contributed by atoms with Gasteiger partial charge in [0.1, 0.15) is 0 Å². The number of aromatic nitrogens is 3. The fourth-order valence-corrected chi connectivity index (χ4v) is 2.93. The van der Waals surface area contributed by atoms with Gasteiger partial charge in [0.25, 0.3) is 0 Å². The molecule has 0 fully saturated rings. The maximum atomic E-state index is 11.6. The van der Waals surface area contributed by atoms with E-state index in [9.17, 15) is 9.59 Å². The van der Waals surface area contributed by atoms with Crippen LogP contribution < -0.4 is 16.7 Å². The van der Waals surface area contributed by atoms with Gasteiger partial charge < -0.3 is 11.1 Å². The highest BCUT2D eigenvalue weighted by Crippen LogP contribution is 2.19. The van der Waals surface area contributed by atoms with Crippen LogP contribution in [0.15, 0.2) is 9.95 Å². The molecule has 1 rings (SSSR count). The van der Waals surface area contributed by atoms with Gasteiger partial charge in [0.2, 0.25) is 5.91 Å². The molecular weight excluding hydrogens is 290 g/mol. The van der Waals surface area contributed by atoms with Gasteiger partial charge in [-0.3, -0.25) is 9.36 Å². The molecule has 0 radical (unpaired) electrons. The number of rotatable bonds is 10. The van der Waals surface area contributed by atoms with Crippen LogP contribution in [0.1, 0.15) is 40.0 Å². The number of aromatic amines is 1. The number of carbonyl (C=O) groups is 1. The molecule has 1 aromatic heterocycles. The molecule has 1 aromatic rings. The van der Waals surface area contributed by atoms with Crippen molar-refractivity contribution >= 4 is 17.7 Å². The molecule has 1 amide bonds. The number of H-pyrrole nitrogens is 1. The van der Waals surface area contributed by atoms with E-state index >= 15 is 0 Å². The number of nitrogens with zero attached hydrogens (tertiary/aromatic N) is 2. The molecule has 0 saturated heterocycles. The first-order valence-corrected chi connectivity index (χ1v) is 8.26. The van der Waals surface area contributed by atoms with Gasteiger partial charge in [-0.2, -0.15) is 0 Å². The molecule has 4 N–H and O–H groups in total. The zero-order chi connectivity index (χ0) is 15.9. The minimum absolute atomic E-state index is 0.188. The molecule has 1 atom stereocenters. The Morgan fingerprint density at radius 1 is 1.52 bits per heavy atom. The van der Waals surface area contributed by atoms with E-state index in [0.29, 0.717) is 18.1 Å². The van der Waals surface area contributed by atoms with Gasteiger partial charge in [0.15, 0.2) is 5.16 Å². The highest BCUT2D eigenvalue weighted by molar-refractivity contribution is 7.99. The van der Waals surface area contributed by atoms with E-state index in [0.717, 1.165) is 25.1 Å². The Morgan fingerprint density at radius 3 is 2.81 bits per heavy atom. The SMILES string of the molecule is CCCNC(C)(CCCSc1n[nH]c(=O)n1CC)C(N)=O. The highest BCUT2D eigenvalue weighted by Gasteiger charge is 2.29. The third-order valence-corrected chi connectivity index (χ3v) is 4.46. The lowest BCUT2D eigenvalue weighted by Gasteiger charge is -2.27. The lowest BCUT2D eigenvalue weighted by atomic mass is 9.95. The van der Waals surface area contributed by atoms with Crippen molar-refractivity contribution in [2.75, 3.05) is 12.3 Å². The summed E-state index contributed by atoms with van der Waals surface area (Å²) in [6.45, 7) is 7.15. The molecule has 0 aliphatic rings. The van der Waals surface area contributed by atoms with Crippen molar-refractivity contribution in [2.24, 2.45) is 5.73 Å². The van der Waals surface area contributed by atoms with E-state index in [1.807, 2.05) is 20.8 Å². The number of amides is 1. The largest absolute Gasteiger partial charge is 0.368 e. The van der Waals surface area contributed by atoms with Crippen LogP contribution in [0, 0.1) is 0 Å². The fraction of sp³-hybridized carbons (Fsp3) is 0.769. The second kappa shape index (κ2) is 8.23. The van der Waals surface area contributed by atoms with Crippen LogP contribution in [-0.4, -0.2) is 38.5 Å². The Morgan fingerprint density at radius 2 is 2.24 bits per heavy atom. The van der Waals surface area contributed by atoms with Crippen molar-refractivity contribution in [3.8, 4) is 0 Å². The van der Waals surface area contributed by atoms with E-state index in [-0.39, 0.29) is 11.6 Å². The highest BCUT2D eigenvalue weighted by atomic mass is 32.2. The van der Waals surface area contributed by atoms with Gasteiger partial charge in [0.05, 0.1) is 5.54 Å². The standard InChI is InChI=1S/C13H25N5O2S/c1-4-8-15-13(3,10(14)19)7-6-9-21-12-17-16-11(20)18(12)5-2/h15H,4-9H2,1-3H3,(H2,14,19)(H,16,20). The van der Waals surface area contributed by atoms with Crippen LogP contribution in [0.4, 0.5) is 0 Å². The van der Waals surface area contributed by atoms with Gasteiger partial charge >= 0.3 is 5.69 Å². The summed E-state index contributed by atoms with van der Waals surface area (Å²) in [5.74, 6) is 0.451. The Kier molecular flexibility index (Phi) is 6.97. The first-order chi connectivity index (χ1) is 9.94. The predicted molar refractivity (Wildman–Crippen MR) is 84.4 cm³/mol. The van der Waals surface area contributed by atoms with Crippen molar-refractivity contribution in [3.05, 3.63) is 10.5 Å². The quantitative estimate of drug-likeness (QED) is 0.435. The Hall–Kier alpha value is -1.28. The summed E-state index contributed by atoms with van der Waals surface area (Å²) in [6, 6.07) is 0. The van der Waals surface area contributed by atoms with E-state index in [2.05, 4.69) is 15.5 Å². The minimum atomic E-state index is -0.674. The Bertz CT molecular complexity index is 513. The summed E-state index contributed by atoms with van der Waals surface area (Å²) >= 11 is 1.51. The van der Waals surface area contributed by atoms with E-state index in [1.54, 1.807) is 4.57 Å². The van der Waals surface area contributed by atoms with Gasteiger partial charge in [-0.25, -0.2) is 9.89 Å². The van der Waals surface area contributed by atoms with Gasteiger partial charge in [0, 0.05) is 12.3 Å². The van der Waals surface area contributed by atoms with E-state index in [1.165, 1.54) is 11.8 Å². The number of hydrogen-bond donors (Lipinski definition) is 3. The van der Waals surface area contributed by atoms with Crippen LogP contribution in [0.2, 0.25) is 0 Å². The normalized spacial score (nSPS) is 14.0. The summed E-state index contributed by atoms with van der Waals surface area (Å²) < 4.78 is 1.59. The van der Waals surface area contributed by atoms with Crippen LogP contribution in [0.5, 0.6) is 0 Å². The minimum Gasteiger partial charge on any atom is -0.368 e.